The van der Waals surface area contributed by atoms with Crippen molar-refractivity contribution in [2.24, 2.45) is 0 Å². The van der Waals surface area contributed by atoms with Crippen LogP contribution in [0.3, 0.4) is 0 Å². The third-order valence-electron chi connectivity index (χ3n) is 3.62. The van der Waals surface area contributed by atoms with E-state index in [2.05, 4.69) is 20.8 Å². The maximum absolute atomic E-state index is 12.6. The van der Waals surface area contributed by atoms with E-state index in [-0.39, 0.29) is 12.0 Å². The van der Waals surface area contributed by atoms with Crippen molar-refractivity contribution in [2.45, 2.75) is 0 Å². The largest absolute Gasteiger partial charge is 0.447 e. The van der Waals surface area contributed by atoms with Gasteiger partial charge in [0, 0.05) is 11.4 Å². The standard InChI is InChI=1S/C15H12N6O3S/c22-14(13-12(4-7-25-13)21-9-16-18-19-21)17-10-2-1-3-11(8-10)20-5-6-24-15(20)23/h1-4,7-9H,5-6H2,(H,17,22). The lowest BCUT2D eigenvalue weighted by Crippen LogP contribution is -2.23. The van der Waals surface area contributed by atoms with Crippen LogP contribution in [-0.2, 0) is 4.74 Å². The lowest BCUT2D eigenvalue weighted by Gasteiger charge is -2.14. The molecule has 2 aromatic heterocycles. The normalized spacial score (nSPS) is 13.8. The zero-order valence-electron chi connectivity index (χ0n) is 12.8. The van der Waals surface area contributed by atoms with Gasteiger partial charge in [0.15, 0.2) is 0 Å². The third-order valence-corrected chi connectivity index (χ3v) is 4.53. The summed E-state index contributed by atoms with van der Waals surface area (Å²) in [5.74, 6) is -0.276. The first kappa shape index (κ1) is 15.3. The van der Waals surface area contributed by atoms with Crippen molar-refractivity contribution in [2.75, 3.05) is 23.4 Å². The van der Waals surface area contributed by atoms with Gasteiger partial charge in [0.25, 0.3) is 5.91 Å². The number of cyclic esters (lactones) is 1. The fraction of sp³-hybridized carbons (Fsp3) is 0.133. The molecule has 3 aromatic rings. The van der Waals surface area contributed by atoms with Crippen molar-refractivity contribution in [3.63, 3.8) is 0 Å². The Kier molecular flexibility index (Phi) is 3.86. The maximum atomic E-state index is 12.6. The Morgan fingerprint density at radius 3 is 3.00 bits per heavy atom. The van der Waals surface area contributed by atoms with Crippen LogP contribution in [0, 0.1) is 0 Å². The second kappa shape index (κ2) is 6.32. The summed E-state index contributed by atoms with van der Waals surface area (Å²) >= 11 is 1.29. The Morgan fingerprint density at radius 1 is 1.32 bits per heavy atom. The number of nitrogens with one attached hydrogen (secondary N) is 1. The summed E-state index contributed by atoms with van der Waals surface area (Å²) < 4.78 is 6.37. The quantitative estimate of drug-likeness (QED) is 0.766. The van der Waals surface area contributed by atoms with Crippen LogP contribution in [0.4, 0.5) is 16.2 Å². The molecule has 3 heterocycles. The number of thiophene rings is 1. The summed E-state index contributed by atoms with van der Waals surface area (Å²) in [6.45, 7) is 0.852. The van der Waals surface area contributed by atoms with Crippen LogP contribution in [-0.4, -0.2) is 45.4 Å². The number of rotatable bonds is 4. The summed E-state index contributed by atoms with van der Waals surface area (Å²) in [5, 5.41) is 15.6. The lowest BCUT2D eigenvalue weighted by atomic mass is 10.2. The predicted octanol–water partition coefficient (Wildman–Crippen LogP) is 1.93. The van der Waals surface area contributed by atoms with Gasteiger partial charge in [-0.15, -0.1) is 16.4 Å². The molecule has 1 aliphatic rings. The first-order valence-electron chi connectivity index (χ1n) is 7.39. The van der Waals surface area contributed by atoms with Crippen LogP contribution in [0.2, 0.25) is 0 Å². The number of anilines is 2. The molecule has 0 bridgehead atoms. The molecule has 0 saturated carbocycles. The van der Waals surface area contributed by atoms with Gasteiger partial charge in [0.05, 0.1) is 12.2 Å². The fourth-order valence-corrected chi connectivity index (χ4v) is 3.27. The minimum absolute atomic E-state index is 0.276. The van der Waals surface area contributed by atoms with Crippen molar-refractivity contribution in [3.05, 3.63) is 46.9 Å². The predicted molar refractivity (Wildman–Crippen MR) is 90.1 cm³/mol. The molecule has 1 saturated heterocycles. The highest BCUT2D eigenvalue weighted by atomic mass is 32.1. The summed E-state index contributed by atoms with van der Waals surface area (Å²) in [7, 11) is 0. The number of aromatic nitrogens is 4. The number of amides is 2. The average molecular weight is 356 g/mol. The van der Waals surface area contributed by atoms with Gasteiger partial charge in [-0.05, 0) is 40.1 Å². The molecule has 0 unspecified atom stereocenters. The molecular weight excluding hydrogens is 344 g/mol. The number of hydrogen-bond acceptors (Lipinski definition) is 7. The molecule has 1 fully saturated rings. The minimum atomic E-state index is -0.386. The maximum Gasteiger partial charge on any atom is 0.414 e. The molecule has 10 heteroatoms. The van der Waals surface area contributed by atoms with E-state index in [0.717, 1.165) is 0 Å². The Morgan fingerprint density at radius 2 is 2.24 bits per heavy atom. The Labute approximate surface area is 145 Å². The van der Waals surface area contributed by atoms with Crippen LogP contribution in [0.25, 0.3) is 5.69 Å². The number of benzene rings is 1. The molecule has 1 aromatic carbocycles. The molecular formula is C15H12N6O3S. The monoisotopic (exact) mass is 356 g/mol. The van der Waals surface area contributed by atoms with Crippen molar-refractivity contribution >= 4 is 34.7 Å². The van der Waals surface area contributed by atoms with Gasteiger partial charge in [-0.25, -0.2) is 4.79 Å². The highest BCUT2D eigenvalue weighted by Gasteiger charge is 2.24. The first-order chi connectivity index (χ1) is 12.2. The number of ether oxygens (including phenoxy) is 1. The van der Waals surface area contributed by atoms with Crippen LogP contribution in [0.5, 0.6) is 0 Å². The molecule has 0 aliphatic carbocycles. The van der Waals surface area contributed by atoms with Crippen molar-refractivity contribution in [1.29, 1.82) is 0 Å². The zero-order chi connectivity index (χ0) is 17.2. The smallest absolute Gasteiger partial charge is 0.414 e. The molecule has 1 N–H and O–H groups in total. The van der Waals surface area contributed by atoms with Gasteiger partial charge in [-0.2, -0.15) is 4.68 Å². The van der Waals surface area contributed by atoms with Crippen LogP contribution in [0.1, 0.15) is 9.67 Å². The van der Waals surface area contributed by atoms with E-state index >= 15 is 0 Å². The molecule has 126 valence electrons. The molecule has 25 heavy (non-hydrogen) atoms. The van der Waals surface area contributed by atoms with Gasteiger partial charge < -0.3 is 10.1 Å². The van der Waals surface area contributed by atoms with Gasteiger partial charge >= 0.3 is 6.09 Å². The highest BCUT2D eigenvalue weighted by Crippen LogP contribution is 2.25. The third kappa shape index (κ3) is 2.94. The van der Waals surface area contributed by atoms with E-state index in [1.54, 1.807) is 35.7 Å². The number of tetrazole rings is 1. The Bertz CT molecular complexity index is 923. The molecule has 9 nitrogen and oxygen atoms in total. The summed E-state index contributed by atoms with van der Waals surface area (Å²) in [6, 6.07) is 8.82. The molecule has 0 atom stereocenters. The minimum Gasteiger partial charge on any atom is -0.447 e. The Hall–Kier alpha value is -3.27. The molecule has 0 radical (unpaired) electrons. The van der Waals surface area contributed by atoms with Crippen molar-refractivity contribution < 1.29 is 14.3 Å². The van der Waals surface area contributed by atoms with E-state index in [1.165, 1.54) is 27.2 Å². The van der Waals surface area contributed by atoms with Gasteiger partial charge in [0.2, 0.25) is 0 Å². The molecule has 2 amide bonds. The number of carbonyl (C=O) groups excluding carboxylic acids is 2. The SMILES string of the molecule is O=C(Nc1cccc(N2CCOC2=O)c1)c1sccc1-n1cnnn1. The number of carbonyl (C=O) groups is 2. The van der Waals surface area contributed by atoms with E-state index in [9.17, 15) is 9.59 Å². The van der Waals surface area contributed by atoms with Gasteiger partial charge in [-0.3, -0.25) is 9.69 Å². The van der Waals surface area contributed by atoms with E-state index in [4.69, 9.17) is 4.74 Å². The summed E-state index contributed by atoms with van der Waals surface area (Å²) in [6.07, 6.45) is 1.04. The second-order valence-electron chi connectivity index (χ2n) is 5.16. The molecule has 0 spiro atoms. The first-order valence-corrected chi connectivity index (χ1v) is 8.27. The average Bonchev–Trinajstić information content (AvgIpc) is 3.36. The van der Waals surface area contributed by atoms with E-state index in [0.29, 0.717) is 35.1 Å². The number of hydrogen-bond donors (Lipinski definition) is 1. The van der Waals surface area contributed by atoms with Gasteiger partial charge in [0.1, 0.15) is 17.8 Å². The topological polar surface area (TPSA) is 102 Å². The zero-order valence-corrected chi connectivity index (χ0v) is 13.6. The van der Waals surface area contributed by atoms with Crippen LogP contribution in [0.15, 0.2) is 42.0 Å². The van der Waals surface area contributed by atoms with Crippen LogP contribution < -0.4 is 10.2 Å². The number of nitrogens with zero attached hydrogens (tertiary/aromatic N) is 5. The fourth-order valence-electron chi connectivity index (χ4n) is 2.49. The lowest BCUT2D eigenvalue weighted by molar-refractivity contribution is 0.103. The van der Waals surface area contributed by atoms with Crippen molar-refractivity contribution in [1.82, 2.24) is 20.2 Å². The highest BCUT2D eigenvalue weighted by molar-refractivity contribution is 7.12. The van der Waals surface area contributed by atoms with Crippen molar-refractivity contribution in [3.8, 4) is 5.69 Å². The summed E-state index contributed by atoms with van der Waals surface area (Å²) in [4.78, 5) is 26.3. The van der Waals surface area contributed by atoms with Gasteiger partial charge in [-0.1, -0.05) is 6.07 Å². The van der Waals surface area contributed by atoms with E-state index in [1.807, 2.05) is 0 Å². The van der Waals surface area contributed by atoms with E-state index < -0.39 is 0 Å². The van der Waals surface area contributed by atoms with Crippen LogP contribution >= 0.6 is 11.3 Å². The summed E-state index contributed by atoms with van der Waals surface area (Å²) in [5.41, 5.74) is 1.86. The Balaban J connectivity index is 1.56. The molecule has 4 rings (SSSR count). The molecule has 1 aliphatic heterocycles. The second-order valence-corrected chi connectivity index (χ2v) is 6.08.